The van der Waals surface area contributed by atoms with Crippen molar-refractivity contribution in [2.24, 2.45) is 4.99 Å². The highest BCUT2D eigenvalue weighted by Crippen LogP contribution is 2.26. The lowest BCUT2D eigenvalue weighted by Gasteiger charge is -2.24. The lowest BCUT2D eigenvalue weighted by Crippen LogP contribution is -2.51. The number of aliphatic imine (C=N–C) groups is 1. The molecule has 5 N–H and O–H groups in total. The molecule has 1 fully saturated rings. The molecule has 1 saturated heterocycles. The molecule has 60 heavy (non-hydrogen) atoms. The van der Waals surface area contributed by atoms with Gasteiger partial charge in [0.2, 0.25) is 23.6 Å². The summed E-state index contributed by atoms with van der Waals surface area (Å²) < 4.78 is 11.4. The van der Waals surface area contributed by atoms with Crippen molar-refractivity contribution in [3.8, 4) is 5.75 Å². The number of phenolic OH excluding ortho intramolecular Hbond substituents is 1. The molecule has 4 atom stereocenters. The summed E-state index contributed by atoms with van der Waals surface area (Å²) in [6, 6.07) is 4.81. The maximum absolute atomic E-state index is 13.6. The van der Waals surface area contributed by atoms with Crippen LogP contribution in [0.1, 0.15) is 174 Å². The molecular formula is C47H75N5O8. The van der Waals surface area contributed by atoms with Gasteiger partial charge in [0.05, 0.1) is 12.0 Å². The van der Waals surface area contributed by atoms with E-state index in [-0.39, 0.29) is 42.9 Å². The Morgan fingerprint density at radius 3 is 2.25 bits per heavy atom. The largest absolute Gasteiger partial charge is 0.507 e. The predicted octanol–water partition coefficient (Wildman–Crippen LogP) is 7.62. The van der Waals surface area contributed by atoms with Crippen LogP contribution in [-0.2, 0) is 33.4 Å². The van der Waals surface area contributed by atoms with Crippen LogP contribution in [-0.4, -0.2) is 84.0 Å². The Kier molecular flexibility index (Phi) is 24.1. The summed E-state index contributed by atoms with van der Waals surface area (Å²) in [5.41, 5.74) is -1.03. The standard InChI is InChI=1S/C47H75N5O8/c1-4-5-6-7-8-9-10-11-12-13-14-15-16-17-18-19-20-31-41(54)48-32-25-24-29-39(45(57)60-36(2)34-42(55)50-38-28-23-26-33-49-43(38)56)51-46(58)47(3)35-59-44(52-47)37-27-21-22-30-40(37)53/h20-22,27,30-31,36,38-39,53H,4-19,23-26,28-29,32-35H2,1-3H3,(H,48,54)(H,49,56)(H,50,55)(H,51,58)/b31-20-/t36-,38+,39+,47+/m1/s1. The number of benzene rings is 1. The first-order valence-corrected chi connectivity index (χ1v) is 23.1. The van der Waals surface area contributed by atoms with Gasteiger partial charge in [0, 0.05) is 13.1 Å². The van der Waals surface area contributed by atoms with Gasteiger partial charge in [-0.15, -0.1) is 0 Å². The number of carbonyl (C=O) groups excluding carboxylic acids is 5. The van der Waals surface area contributed by atoms with Crippen LogP contribution in [0.2, 0.25) is 0 Å². The third kappa shape index (κ3) is 19.8. The number of nitrogens with one attached hydrogen (secondary N) is 4. The van der Waals surface area contributed by atoms with Gasteiger partial charge in [0.25, 0.3) is 5.91 Å². The summed E-state index contributed by atoms with van der Waals surface area (Å²) in [7, 11) is 0. The Bertz CT molecular complexity index is 1530. The summed E-state index contributed by atoms with van der Waals surface area (Å²) in [5.74, 6) is -2.01. The average molecular weight is 838 g/mol. The zero-order valence-corrected chi connectivity index (χ0v) is 36.8. The summed E-state index contributed by atoms with van der Waals surface area (Å²) in [6.45, 7) is 6.29. The first-order valence-electron chi connectivity index (χ1n) is 23.1. The lowest BCUT2D eigenvalue weighted by atomic mass is 10.0. The quantitative estimate of drug-likeness (QED) is 0.0298. The van der Waals surface area contributed by atoms with E-state index in [2.05, 4.69) is 33.2 Å². The molecule has 0 unspecified atom stereocenters. The number of esters is 1. The first-order chi connectivity index (χ1) is 29.0. The van der Waals surface area contributed by atoms with E-state index in [4.69, 9.17) is 9.47 Å². The maximum atomic E-state index is 13.6. The van der Waals surface area contributed by atoms with Crippen molar-refractivity contribution in [2.75, 3.05) is 19.7 Å². The van der Waals surface area contributed by atoms with E-state index in [0.29, 0.717) is 37.9 Å². The number of carbonyl (C=O) groups is 5. The number of hydrogen-bond acceptors (Lipinski definition) is 9. The third-order valence-corrected chi connectivity index (χ3v) is 11.2. The molecule has 1 aromatic carbocycles. The molecule has 1 aromatic rings. The van der Waals surface area contributed by atoms with Crippen molar-refractivity contribution < 1.29 is 38.6 Å². The van der Waals surface area contributed by atoms with E-state index in [0.717, 1.165) is 25.7 Å². The number of nitrogens with zero attached hydrogens (tertiary/aromatic N) is 1. The van der Waals surface area contributed by atoms with E-state index < -0.39 is 41.5 Å². The smallest absolute Gasteiger partial charge is 0.328 e. The molecule has 2 aliphatic rings. The molecule has 0 saturated carbocycles. The fourth-order valence-electron chi connectivity index (χ4n) is 7.45. The van der Waals surface area contributed by atoms with Crippen LogP contribution in [0.25, 0.3) is 0 Å². The van der Waals surface area contributed by atoms with Gasteiger partial charge < -0.3 is 35.8 Å². The number of rotatable bonds is 30. The van der Waals surface area contributed by atoms with Crippen molar-refractivity contribution in [3.63, 3.8) is 0 Å². The average Bonchev–Trinajstić information content (AvgIpc) is 3.52. The van der Waals surface area contributed by atoms with Crippen molar-refractivity contribution in [1.82, 2.24) is 21.3 Å². The molecule has 3 rings (SSSR count). The molecule has 0 aliphatic carbocycles. The molecule has 2 heterocycles. The molecule has 4 amide bonds. The number of ether oxygens (including phenoxy) is 2. The van der Waals surface area contributed by atoms with Crippen LogP contribution in [0.15, 0.2) is 41.4 Å². The minimum Gasteiger partial charge on any atom is -0.507 e. The molecule has 2 aliphatic heterocycles. The maximum Gasteiger partial charge on any atom is 0.328 e. The van der Waals surface area contributed by atoms with Gasteiger partial charge in [-0.25, -0.2) is 9.79 Å². The Labute approximate surface area is 359 Å². The normalized spacial score (nSPS) is 18.8. The molecule has 13 nitrogen and oxygen atoms in total. The van der Waals surface area contributed by atoms with Gasteiger partial charge >= 0.3 is 5.97 Å². The molecule has 0 spiro atoms. The minimum atomic E-state index is -1.38. The molecule has 13 heteroatoms. The fourth-order valence-corrected chi connectivity index (χ4v) is 7.45. The SMILES string of the molecule is CCCCCCCCCCCCCCCCC/C=C\C(=O)NCCCC[C@H](NC(=O)[C@]1(C)COC(c2ccccc2O)=N1)C(=O)O[C@H](C)CC(=O)N[C@H]1CCCCNC1=O. The first kappa shape index (κ1) is 49.9. The molecule has 0 aromatic heterocycles. The van der Waals surface area contributed by atoms with E-state index in [1.54, 1.807) is 38.1 Å². The number of hydrogen-bond donors (Lipinski definition) is 5. The summed E-state index contributed by atoms with van der Waals surface area (Å²) >= 11 is 0. The molecule has 336 valence electrons. The van der Waals surface area contributed by atoms with Crippen molar-refractivity contribution in [2.45, 2.75) is 192 Å². The van der Waals surface area contributed by atoms with E-state index in [1.807, 2.05) is 6.08 Å². The monoisotopic (exact) mass is 838 g/mol. The van der Waals surface area contributed by atoms with Crippen LogP contribution in [0.5, 0.6) is 5.75 Å². The van der Waals surface area contributed by atoms with Crippen molar-refractivity contribution in [3.05, 3.63) is 42.0 Å². The van der Waals surface area contributed by atoms with Gasteiger partial charge in [0.1, 0.15) is 30.5 Å². The van der Waals surface area contributed by atoms with Gasteiger partial charge in [-0.3, -0.25) is 19.2 Å². The highest BCUT2D eigenvalue weighted by Gasteiger charge is 2.42. The van der Waals surface area contributed by atoms with Gasteiger partial charge in [-0.1, -0.05) is 115 Å². The van der Waals surface area contributed by atoms with Gasteiger partial charge in [-0.2, -0.15) is 0 Å². The molecule has 0 radical (unpaired) electrons. The van der Waals surface area contributed by atoms with Crippen molar-refractivity contribution in [1.29, 1.82) is 0 Å². The Morgan fingerprint density at radius 2 is 1.58 bits per heavy atom. The number of aromatic hydroxyl groups is 1. The van der Waals surface area contributed by atoms with E-state index in [9.17, 15) is 29.1 Å². The topological polar surface area (TPSA) is 185 Å². The second-order valence-corrected chi connectivity index (χ2v) is 16.8. The highest BCUT2D eigenvalue weighted by molar-refractivity contribution is 6.02. The van der Waals surface area contributed by atoms with Crippen LogP contribution in [0, 0.1) is 0 Å². The fraction of sp³-hybridized carbons (Fsp3) is 0.702. The summed E-state index contributed by atoms with van der Waals surface area (Å²) in [5, 5.41) is 21.5. The third-order valence-electron chi connectivity index (χ3n) is 11.2. The molecule has 0 bridgehead atoms. The number of amides is 4. The van der Waals surface area contributed by atoms with Crippen LogP contribution in [0.3, 0.4) is 0 Å². The molecular weight excluding hydrogens is 763 g/mol. The minimum absolute atomic E-state index is 0.0390. The Hall–Kier alpha value is -4.42. The van der Waals surface area contributed by atoms with Gasteiger partial charge in [0.15, 0.2) is 5.54 Å². The number of phenols is 1. The lowest BCUT2D eigenvalue weighted by molar-refractivity contribution is -0.154. The Balaban J connectivity index is 1.39. The van der Waals surface area contributed by atoms with E-state index >= 15 is 0 Å². The van der Waals surface area contributed by atoms with Crippen molar-refractivity contribution >= 4 is 35.5 Å². The second kappa shape index (κ2) is 28.9. The number of unbranched alkanes of at least 4 members (excludes halogenated alkanes) is 16. The second-order valence-electron chi connectivity index (χ2n) is 16.8. The predicted molar refractivity (Wildman–Crippen MR) is 235 cm³/mol. The van der Waals surface area contributed by atoms with Crippen LogP contribution < -0.4 is 21.3 Å². The number of para-hydroxylation sites is 1. The van der Waals surface area contributed by atoms with Crippen LogP contribution in [0.4, 0.5) is 0 Å². The summed E-state index contributed by atoms with van der Waals surface area (Å²) in [6.07, 6.45) is 26.6. The van der Waals surface area contributed by atoms with Crippen LogP contribution >= 0.6 is 0 Å². The summed E-state index contributed by atoms with van der Waals surface area (Å²) in [4.78, 5) is 69.1. The zero-order chi connectivity index (χ0) is 43.4. The van der Waals surface area contributed by atoms with Gasteiger partial charge in [-0.05, 0) is 83.4 Å². The highest BCUT2D eigenvalue weighted by atomic mass is 16.5. The zero-order valence-electron chi connectivity index (χ0n) is 36.8. The Morgan fingerprint density at radius 1 is 0.933 bits per heavy atom. The van der Waals surface area contributed by atoms with E-state index in [1.165, 1.54) is 96.0 Å². The number of allylic oxidation sites excluding steroid dienone is 1.